The topological polar surface area (TPSA) is 0 Å². The lowest BCUT2D eigenvalue weighted by atomic mass is 9.96. The molecule has 0 heterocycles. The van der Waals surface area contributed by atoms with Crippen molar-refractivity contribution in [3.63, 3.8) is 0 Å². The van der Waals surface area contributed by atoms with Crippen molar-refractivity contribution in [3.8, 4) is 0 Å². The van der Waals surface area contributed by atoms with Gasteiger partial charge in [0.25, 0.3) is 0 Å². The minimum atomic E-state index is -0.157. The number of alkyl halides is 1. The van der Waals surface area contributed by atoms with Crippen molar-refractivity contribution < 1.29 is 4.39 Å². The quantitative estimate of drug-likeness (QED) is 0.689. The summed E-state index contributed by atoms with van der Waals surface area (Å²) in [6.07, 6.45) is 3.40. The zero-order valence-corrected chi connectivity index (χ0v) is 10.9. The second-order valence-corrected chi connectivity index (χ2v) is 5.29. The van der Waals surface area contributed by atoms with Crippen molar-refractivity contribution in [1.82, 2.24) is 0 Å². The summed E-state index contributed by atoms with van der Waals surface area (Å²) < 4.78 is 12.7. The van der Waals surface area contributed by atoms with Crippen LogP contribution in [0.25, 0.3) is 0 Å². The van der Waals surface area contributed by atoms with Crippen molar-refractivity contribution in [1.29, 1.82) is 0 Å². The lowest BCUT2D eigenvalue weighted by Gasteiger charge is -2.17. The molecule has 0 saturated carbocycles. The van der Waals surface area contributed by atoms with Crippen LogP contribution in [0.2, 0.25) is 0 Å². The molecule has 1 aromatic carbocycles. The van der Waals surface area contributed by atoms with Gasteiger partial charge in [0.15, 0.2) is 0 Å². The molecule has 1 aromatic rings. The molecule has 1 rings (SSSR count). The molecular weight excluding hydrogens is 255 g/mol. The zero-order chi connectivity index (χ0) is 11.3. The van der Waals surface area contributed by atoms with Crippen molar-refractivity contribution in [2.75, 3.05) is 0 Å². The standard InChI is InChI=1S/C13H18BrF/c1-3-4-13(14)10(2)9-11-5-7-12(15)8-6-11/h5-8,10,13H,3-4,9H2,1-2H3. The molecule has 2 atom stereocenters. The van der Waals surface area contributed by atoms with E-state index in [1.807, 2.05) is 12.1 Å². The molecule has 0 aromatic heterocycles. The molecule has 0 spiro atoms. The van der Waals surface area contributed by atoms with E-state index < -0.39 is 0 Å². The molecular formula is C13H18BrF. The van der Waals surface area contributed by atoms with Gasteiger partial charge in [-0.2, -0.15) is 0 Å². The Morgan fingerprint density at radius 1 is 1.27 bits per heavy atom. The molecule has 0 N–H and O–H groups in total. The number of hydrogen-bond donors (Lipinski definition) is 0. The summed E-state index contributed by atoms with van der Waals surface area (Å²) >= 11 is 3.70. The normalized spacial score (nSPS) is 14.9. The summed E-state index contributed by atoms with van der Waals surface area (Å²) in [5, 5.41) is 0. The summed E-state index contributed by atoms with van der Waals surface area (Å²) in [5.41, 5.74) is 1.21. The number of hydrogen-bond acceptors (Lipinski definition) is 0. The van der Waals surface area contributed by atoms with Crippen LogP contribution >= 0.6 is 15.9 Å². The maximum atomic E-state index is 12.7. The van der Waals surface area contributed by atoms with E-state index in [1.54, 1.807) is 0 Å². The highest BCUT2D eigenvalue weighted by Crippen LogP contribution is 2.22. The van der Waals surface area contributed by atoms with Gasteiger partial charge in [0, 0.05) is 4.83 Å². The third-order valence-corrected chi connectivity index (χ3v) is 4.01. The van der Waals surface area contributed by atoms with Gasteiger partial charge in [-0.05, 0) is 36.5 Å². The number of rotatable bonds is 5. The van der Waals surface area contributed by atoms with Crippen LogP contribution in [0.3, 0.4) is 0 Å². The van der Waals surface area contributed by atoms with Crippen LogP contribution < -0.4 is 0 Å². The largest absolute Gasteiger partial charge is 0.207 e. The molecule has 84 valence electrons. The molecule has 0 bridgehead atoms. The zero-order valence-electron chi connectivity index (χ0n) is 9.34. The first-order valence-electron chi connectivity index (χ1n) is 5.52. The highest BCUT2D eigenvalue weighted by molar-refractivity contribution is 9.09. The number of halogens is 2. The van der Waals surface area contributed by atoms with E-state index >= 15 is 0 Å². The lowest BCUT2D eigenvalue weighted by molar-refractivity contribution is 0.525. The third kappa shape index (κ3) is 4.33. The highest BCUT2D eigenvalue weighted by Gasteiger charge is 2.13. The van der Waals surface area contributed by atoms with E-state index in [-0.39, 0.29) is 5.82 Å². The van der Waals surface area contributed by atoms with E-state index in [0.29, 0.717) is 10.7 Å². The predicted octanol–water partition coefficient (Wildman–Crippen LogP) is 4.57. The molecule has 0 aliphatic rings. The van der Waals surface area contributed by atoms with Gasteiger partial charge >= 0.3 is 0 Å². The van der Waals surface area contributed by atoms with E-state index in [0.717, 1.165) is 6.42 Å². The van der Waals surface area contributed by atoms with Crippen LogP contribution in [-0.2, 0) is 6.42 Å². The van der Waals surface area contributed by atoms with Crippen molar-refractivity contribution in [2.45, 2.75) is 37.9 Å². The Morgan fingerprint density at radius 3 is 2.40 bits per heavy atom. The second kappa shape index (κ2) is 6.26. The van der Waals surface area contributed by atoms with Crippen LogP contribution in [0.1, 0.15) is 32.3 Å². The van der Waals surface area contributed by atoms with Gasteiger partial charge in [-0.15, -0.1) is 0 Å². The third-order valence-electron chi connectivity index (χ3n) is 2.65. The van der Waals surface area contributed by atoms with Gasteiger partial charge in [0.1, 0.15) is 5.82 Å². The van der Waals surface area contributed by atoms with Crippen LogP contribution in [0, 0.1) is 11.7 Å². The van der Waals surface area contributed by atoms with Gasteiger partial charge in [0.2, 0.25) is 0 Å². The Balaban J connectivity index is 2.50. The first-order valence-corrected chi connectivity index (χ1v) is 6.43. The van der Waals surface area contributed by atoms with Gasteiger partial charge in [-0.3, -0.25) is 0 Å². The maximum Gasteiger partial charge on any atom is 0.123 e. The van der Waals surface area contributed by atoms with Gasteiger partial charge < -0.3 is 0 Å². The minimum Gasteiger partial charge on any atom is -0.207 e. The van der Waals surface area contributed by atoms with Gasteiger partial charge in [-0.1, -0.05) is 48.3 Å². The number of benzene rings is 1. The van der Waals surface area contributed by atoms with E-state index in [4.69, 9.17) is 0 Å². The van der Waals surface area contributed by atoms with Crippen LogP contribution in [0.5, 0.6) is 0 Å². The Kier molecular flexibility index (Phi) is 5.30. The molecule has 2 unspecified atom stereocenters. The summed E-state index contributed by atoms with van der Waals surface area (Å²) in [6, 6.07) is 6.81. The average molecular weight is 273 g/mol. The fraction of sp³-hybridized carbons (Fsp3) is 0.538. The highest BCUT2D eigenvalue weighted by atomic mass is 79.9. The molecule has 0 amide bonds. The molecule has 15 heavy (non-hydrogen) atoms. The molecule has 0 fully saturated rings. The Bertz CT molecular complexity index is 281. The summed E-state index contributed by atoms with van der Waals surface area (Å²) in [4.78, 5) is 0.563. The van der Waals surface area contributed by atoms with Crippen molar-refractivity contribution >= 4 is 15.9 Å². The monoisotopic (exact) mass is 272 g/mol. The molecule has 0 saturated heterocycles. The first kappa shape index (κ1) is 12.7. The fourth-order valence-electron chi connectivity index (χ4n) is 1.68. The SMILES string of the molecule is CCCC(Br)C(C)Cc1ccc(F)cc1. The summed E-state index contributed by atoms with van der Waals surface area (Å²) in [6.45, 7) is 4.43. The minimum absolute atomic E-state index is 0.157. The van der Waals surface area contributed by atoms with E-state index in [2.05, 4.69) is 29.8 Å². The average Bonchev–Trinajstić information content (AvgIpc) is 2.22. The first-order chi connectivity index (χ1) is 7.13. The summed E-state index contributed by atoms with van der Waals surface area (Å²) in [7, 11) is 0. The Hall–Kier alpha value is -0.370. The second-order valence-electron chi connectivity index (χ2n) is 4.11. The fourth-order valence-corrected chi connectivity index (χ4v) is 2.33. The smallest absolute Gasteiger partial charge is 0.123 e. The summed E-state index contributed by atoms with van der Waals surface area (Å²) in [5.74, 6) is 0.436. The van der Waals surface area contributed by atoms with Gasteiger partial charge in [-0.25, -0.2) is 4.39 Å². The lowest BCUT2D eigenvalue weighted by Crippen LogP contribution is -2.13. The maximum absolute atomic E-state index is 12.7. The molecule has 0 aliphatic carbocycles. The van der Waals surface area contributed by atoms with Gasteiger partial charge in [0.05, 0.1) is 0 Å². The van der Waals surface area contributed by atoms with E-state index in [1.165, 1.54) is 30.5 Å². The van der Waals surface area contributed by atoms with E-state index in [9.17, 15) is 4.39 Å². The predicted molar refractivity (Wildman–Crippen MR) is 66.9 cm³/mol. The van der Waals surface area contributed by atoms with Crippen molar-refractivity contribution in [2.24, 2.45) is 5.92 Å². The van der Waals surface area contributed by atoms with Crippen LogP contribution in [-0.4, -0.2) is 4.83 Å². The molecule has 0 aliphatic heterocycles. The molecule has 0 radical (unpaired) electrons. The van der Waals surface area contributed by atoms with Crippen LogP contribution in [0.4, 0.5) is 4.39 Å². The molecule has 0 nitrogen and oxygen atoms in total. The van der Waals surface area contributed by atoms with Crippen LogP contribution in [0.15, 0.2) is 24.3 Å². The Labute approximate surface area is 100 Å². The molecule has 2 heteroatoms. The Morgan fingerprint density at radius 2 is 1.87 bits per heavy atom. The van der Waals surface area contributed by atoms with Crippen molar-refractivity contribution in [3.05, 3.63) is 35.6 Å².